The molecular formula is C11H14O. The van der Waals surface area contributed by atoms with Gasteiger partial charge in [0, 0.05) is 6.42 Å². The summed E-state index contributed by atoms with van der Waals surface area (Å²) in [5, 5.41) is 0. The lowest BCUT2D eigenvalue weighted by Gasteiger charge is -2.10. The zero-order chi connectivity index (χ0) is 8.81. The van der Waals surface area contributed by atoms with Crippen LogP contribution in [0.3, 0.4) is 0 Å². The van der Waals surface area contributed by atoms with Gasteiger partial charge in [-0.05, 0) is 12.5 Å². The number of rotatable bonds is 4. The molecule has 0 aromatic heterocycles. The average molecular weight is 162 g/mol. The molecule has 1 nitrogen and oxygen atoms in total. The van der Waals surface area contributed by atoms with E-state index >= 15 is 0 Å². The lowest BCUT2D eigenvalue weighted by Crippen LogP contribution is -2.07. The van der Waals surface area contributed by atoms with Crippen LogP contribution in [0, 0.1) is 0 Å². The normalized spacial score (nSPS) is 12.1. The minimum atomic E-state index is 0.213. The largest absolute Gasteiger partial charge is 0.499 e. The predicted octanol–water partition coefficient (Wildman–Crippen LogP) is 2.78. The lowest BCUT2D eigenvalue weighted by molar-refractivity contribution is 0.163. The van der Waals surface area contributed by atoms with Crippen molar-refractivity contribution in [3.63, 3.8) is 0 Å². The summed E-state index contributed by atoms with van der Waals surface area (Å²) in [6.45, 7) is 5.56. The zero-order valence-electron chi connectivity index (χ0n) is 7.36. The third-order valence-electron chi connectivity index (χ3n) is 1.69. The molecule has 0 bridgehead atoms. The van der Waals surface area contributed by atoms with Gasteiger partial charge in [-0.2, -0.15) is 0 Å². The van der Waals surface area contributed by atoms with Crippen LogP contribution in [-0.4, -0.2) is 6.10 Å². The second-order valence-electron chi connectivity index (χ2n) is 2.80. The van der Waals surface area contributed by atoms with Gasteiger partial charge in [0.15, 0.2) is 0 Å². The van der Waals surface area contributed by atoms with Crippen LogP contribution in [-0.2, 0) is 11.2 Å². The predicted molar refractivity (Wildman–Crippen MR) is 50.9 cm³/mol. The van der Waals surface area contributed by atoms with Crippen LogP contribution >= 0.6 is 0 Å². The Hall–Kier alpha value is -1.24. The minimum absolute atomic E-state index is 0.213. The molecule has 0 N–H and O–H groups in total. The van der Waals surface area contributed by atoms with Crippen LogP contribution in [0.15, 0.2) is 43.2 Å². The highest BCUT2D eigenvalue weighted by Gasteiger charge is 2.00. The molecule has 0 heterocycles. The Morgan fingerprint density at radius 2 is 2.08 bits per heavy atom. The van der Waals surface area contributed by atoms with Gasteiger partial charge in [-0.1, -0.05) is 36.9 Å². The van der Waals surface area contributed by atoms with Crippen molar-refractivity contribution in [2.75, 3.05) is 0 Å². The van der Waals surface area contributed by atoms with E-state index in [9.17, 15) is 0 Å². The molecule has 0 amide bonds. The first-order chi connectivity index (χ1) is 5.83. The molecule has 1 aromatic carbocycles. The number of benzene rings is 1. The molecule has 0 aliphatic rings. The third kappa shape index (κ3) is 2.79. The first kappa shape index (κ1) is 8.85. The van der Waals surface area contributed by atoms with Crippen molar-refractivity contribution in [1.29, 1.82) is 0 Å². The molecule has 0 fully saturated rings. The maximum absolute atomic E-state index is 5.21. The Labute approximate surface area is 73.7 Å². The number of ether oxygens (including phenoxy) is 1. The second-order valence-corrected chi connectivity index (χ2v) is 2.80. The molecule has 64 valence electrons. The molecule has 12 heavy (non-hydrogen) atoms. The Kier molecular flexibility index (Phi) is 3.39. The summed E-state index contributed by atoms with van der Waals surface area (Å²) in [6.07, 6.45) is 2.64. The molecule has 1 aromatic rings. The topological polar surface area (TPSA) is 9.23 Å². The van der Waals surface area contributed by atoms with E-state index in [4.69, 9.17) is 4.74 Å². The van der Waals surface area contributed by atoms with Crippen LogP contribution in [0.4, 0.5) is 0 Å². The fourth-order valence-corrected chi connectivity index (χ4v) is 1.16. The average Bonchev–Trinajstić information content (AvgIpc) is 2.06. The van der Waals surface area contributed by atoms with Gasteiger partial charge in [-0.25, -0.2) is 0 Å². The lowest BCUT2D eigenvalue weighted by atomic mass is 10.1. The SMILES string of the molecule is C=COC(C)Cc1ccccc1. The molecule has 1 heteroatoms. The second kappa shape index (κ2) is 4.60. The molecule has 0 saturated heterocycles. The van der Waals surface area contributed by atoms with Crippen LogP contribution in [0.5, 0.6) is 0 Å². The van der Waals surface area contributed by atoms with Crippen LogP contribution in [0.2, 0.25) is 0 Å². The smallest absolute Gasteiger partial charge is 0.0990 e. The fraction of sp³-hybridized carbons (Fsp3) is 0.273. The third-order valence-corrected chi connectivity index (χ3v) is 1.69. The minimum Gasteiger partial charge on any atom is -0.499 e. The van der Waals surface area contributed by atoms with Crippen molar-refractivity contribution < 1.29 is 4.74 Å². The summed E-state index contributed by atoms with van der Waals surface area (Å²) in [6, 6.07) is 10.3. The van der Waals surface area contributed by atoms with Gasteiger partial charge in [-0.3, -0.25) is 0 Å². The highest BCUT2D eigenvalue weighted by atomic mass is 16.5. The molecule has 0 saturated carbocycles. The summed E-state index contributed by atoms with van der Waals surface area (Å²) in [5.74, 6) is 0. The monoisotopic (exact) mass is 162 g/mol. The van der Waals surface area contributed by atoms with E-state index in [-0.39, 0.29) is 6.10 Å². The number of hydrogen-bond donors (Lipinski definition) is 0. The van der Waals surface area contributed by atoms with Gasteiger partial charge >= 0.3 is 0 Å². The van der Waals surface area contributed by atoms with E-state index in [1.165, 1.54) is 11.8 Å². The molecule has 0 aliphatic carbocycles. The van der Waals surface area contributed by atoms with Crippen molar-refractivity contribution in [3.05, 3.63) is 48.7 Å². The van der Waals surface area contributed by atoms with Gasteiger partial charge in [0.1, 0.15) is 0 Å². The van der Waals surface area contributed by atoms with Crippen molar-refractivity contribution >= 4 is 0 Å². The Bertz CT molecular complexity index is 228. The van der Waals surface area contributed by atoms with E-state index in [0.29, 0.717) is 0 Å². The maximum atomic E-state index is 5.21. The van der Waals surface area contributed by atoms with Gasteiger partial charge in [0.2, 0.25) is 0 Å². The highest BCUT2D eigenvalue weighted by molar-refractivity contribution is 5.15. The Balaban J connectivity index is 2.46. The van der Waals surface area contributed by atoms with E-state index in [2.05, 4.69) is 18.7 Å². The van der Waals surface area contributed by atoms with E-state index in [1.54, 1.807) is 0 Å². The molecule has 0 spiro atoms. The molecule has 0 radical (unpaired) electrons. The summed E-state index contributed by atoms with van der Waals surface area (Å²) < 4.78 is 5.21. The van der Waals surface area contributed by atoms with Gasteiger partial charge in [-0.15, -0.1) is 0 Å². The summed E-state index contributed by atoms with van der Waals surface area (Å²) in [4.78, 5) is 0. The molecule has 1 atom stereocenters. The zero-order valence-corrected chi connectivity index (χ0v) is 7.36. The first-order valence-corrected chi connectivity index (χ1v) is 4.13. The Morgan fingerprint density at radius 3 is 2.67 bits per heavy atom. The van der Waals surface area contributed by atoms with E-state index in [0.717, 1.165) is 6.42 Å². The molecule has 1 rings (SSSR count). The quantitative estimate of drug-likeness (QED) is 0.618. The highest BCUT2D eigenvalue weighted by Crippen LogP contribution is 2.04. The summed E-state index contributed by atoms with van der Waals surface area (Å²) in [7, 11) is 0. The summed E-state index contributed by atoms with van der Waals surface area (Å²) in [5.41, 5.74) is 1.30. The van der Waals surface area contributed by atoms with Gasteiger partial charge < -0.3 is 4.74 Å². The molecular weight excluding hydrogens is 148 g/mol. The van der Waals surface area contributed by atoms with Crippen molar-refractivity contribution in [2.45, 2.75) is 19.4 Å². The number of hydrogen-bond acceptors (Lipinski definition) is 1. The fourth-order valence-electron chi connectivity index (χ4n) is 1.16. The standard InChI is InChI=1S/C11H14O/c1-3-12-10(2)9-11-7-5-4-6-8-11/h3-8,10H,1,9H2,2H3. The van der Waals surface area contributed by atoms with Crippen LogP contribution in [0.1, 0.15) is 12.5 Å². The van der Waals surface area contributed by atoms with Crippen LogP contribution < -0.4 is 0 Å². The Morgan fingerprint density at radius 1 is 1.42 bits per heavy atom. The summed E-state index contributed by atoms with van der Waals surface area (Å²) >= 11 is 0. The van der Waals surface area contributed by atoms with E-state index in [1.807, 2.05) is 25.1 Å². The van der Waals surface area contributed by atoms with Gasteiger partial charge in [0.05, 0.1) is 12.4 Å². The molecule has 1 unspecified atom stereocenters. The van der Waals surface area contributed by atoms with Crippen molar-refractivity contribution in [3.8, 4) is 0 Å². The van der Waals surface area contributed by atoms with Crippen molar-refractivity contribution in [2.24, 2.45) is 0 Å². The maximum Gasteiger partial charge on any atom is 0.0990 e. The van der Waals surface area contributed by atoms with Gasteiger partial charge in [0.25, 0.3) is 0 Å². The van der Waals surface area contributed by atoms with Crippen molar-refractivity contribution in [1.82, 2.24) is 0 Å². The van der Waals surface area contributed by atoms with E-state index < -0.39 is 0 Å². The molecule has 0 aliphatic heterocycles. The first-order valence-electron chi connectivity index (χ1n) is 4.13. The van der Waals surface area contributed by atoms with Crippen LogP contribution in [0.25, 0.3) is 0 Å².